The minimum absolute atomic E-state index is 0.830. The molecule has 3 rings (SSSR count). The Morgan fingerprint density at radius 1 is 1.06 bits per heavy atom. The van der Waals surface area contributed by atoms with Crippen molar-refractivity contribution >= 4 is 5.95 Å². The molecule has 1 aliphatic rings. The van der Waals surface area contributed by atoms with Crippen LogP contribution >= 0.6 is 0 Å². The zero-order valence-electron chi connectivity index (χ0n) is 9.06. The molecule has 0 spiro atoms. The number of anilines is 1. The molecule has 4 nitrogen and oxygen atoms in total. The van der Waals surface area contributed by atoms with Crippen LogP contribution < -0.4 is 4.90 Å². The first kappa shape index (κ1) is 9.39. The van der Waals surface area contributed by atoms with Crippen molar-refractivity contribution in [2.24, 2.45) is 0 Å². The lowest BCUT2D eigenvalue weighted by atomic mass is 10.2. The summed E-state index contributed by atoms with van der Waals surface area (Å²) < 4.78 is 0. The summed E-state index contributed by atoms with van der Waals surface area (Å²) in [7, 11) is 0. The Labute approximate surface area is 94.3 Å². The van der Waals surface area contributed by atoms with Crippen molar-refractivity contribution in [3.8, 4) is 11.4 Å². The number of benzene rings is 1. The average molecular weight is 214 g/mol. The predicted octanol–water partition coefficient (Wildman–Crippen LogP) is 2.07. The van der Waals surface area contributed by atoms with Crippen molar-refractivity contribution < 1.29 is 0 Å². The molecule has 1 aromatic carbocycles. The third-order valence-electron chi connectivity index (χ3n) is 2.91. The Kier molecular flexibility index (Phi) is 2.33. The van der Waals surface area contributed by atoms with E-state index in [2.05, 4.69) is 20.1 Å². The quantitative estimate of drug-likeness (QED) is 0.832. The van der Waals surface area contributed by atoms with Crippen LogP contribution in [0.4, 0.5) is 5.95 Å². The fourth-order valence-electron chi connectivity index (χ4n) is 2.04. The molecule has 4 heteroatoms. The number of rotatable bonds is 2. The molecule has 0 radical (unpaired) electrons. The molecule has 1 fully saturated rings. The van der Waals surface area contributed by atoms with E-state index in [9.17, 15) is 0 Å². The second-order valence-electron chi connectivity index (χ2n) is 4.04. The lowest BCUT2D eigenvalue weighted by molar-refractivity contribution is 0.903. The number of hydrogen-bond donors (Lipinski definition) is 1. The van der Waals surface area contributed by atoms with Gasteiger partial charge in [-0.1, -0.05) is 30.3 Å². The highest BCUT2D eigenvalue weighted by Crippen LogP contribution is 2.19. The summed E-state index contributed by atoms with van der Waals surface area (Å²) in [6.45, 7) is 2.15. The molecule has 0 atom stereocenters. The topological polar surface area (TPSA) is 44.8 Å². The van der Waals surface area contributed by atoms with E-state index in [0.717, 1.165) is 30.4 Å². The standard InChI is InChI=1S/C12H14N4/c1-2-6-10(7-3-1)11-13-12(15-14-11)16-8-4-5-9-16/h1-3,6-7H,4-5,8-9H2,(H,13,14,15). The Morgan fingerprint density at radius 2 is 1.81 bits per heavy atom. The largest absolute Gasteiger partial charge is 0.340 e. The first-order valence-electron chi connectivity index (χ1n) is 5.66. The molecule has 0 aliphatic carbocycles. The molecule has 1 aliphatic heterocycles. The number of hydrogen-bond acceptors (Lipinski definition) is 3. The van der Waals surface area contributed by atoms with E-state index in [-0.39, 0.29) is 0 Å². The highest BCUT2D eigenvalue weighted by molar-refractivity contribution is 5.56. The van der Waals surface area contributed by atoms with E-state index in [0.29, 0.717) is 0 Å². The molecule has 0 saturated carbocycles. The van der Waals surface area contributed by atoms with Crippen molar-refractivity contribution in [3.05, 3.63) is 30.3 Å². The van der Waals surface area contributed by atoms with Crippen LogP contribution in [0.15, 0.2) is 30.3 Å². The van der Waals surface area contributed by atoms with Gasteiger partial charge < -0.3 is 4.90 Å². The molecule has 1 aromatic heterocycles. The Hall–Kier alpha value is -1.84. The molecule has 16 heavy (non-hydrogen) atoms. The van der Waals surface area contributed by atoms with Gasteiger partial charge in [0.05, 0.1) is 0 Å². The predicted molar refractivity (Wildman–Crippen MR) is 63.3 cm³/mol. The summed E-state index contributed by atoms with van der Waals surface area (Å²) in [4.78, 5) is 6.75. The minimum Gasteiger partial charge on any atom is -0.340 e. The van der Waals surface area contributed by atoms with Crippen LogP contribution in [0.25, 0.3) is 11.4 Å². The van der Waals surface area contributed by atoms with Crippen LogP contribution in [0.3, 0.4) is 0 Å². The molecule has 0 unspecified atom stereocenters. The van der Waals surface area contributed by atoms with Gasteiger partial charge in [0.25, 0.3) is 0 Å². The zero-order valence-corrected chi connectivity index (χ0v) is 9.06. The summed E-state index contributed by atoms with van der Waals surface area (Å²) in [5, 5.41) is 7.26. The smallest absolute Gasteiger partial charge is 0.245 e. The third-order valence-corrected chi connectivity index (χ3v) is 2.91. The van der Waals surface area contributed by atoms with Gasteiger partial charge in [0.15, 0.2) is 5.82 Å². The fourth-order valence-corrected chi connectivity index (χ4v) is 2.04. The molecule has 82 valence electrons. The summed E-state index contributed by atoms with van der Waals surface area (Å²) >= 11 is 0. The molecule has 2 aromatic rings. The molecule has 0 bridgehead atoms. The van der Waals surface area contributed by atoms with E-state index in [1.807, 2.05) is 30.3 Å². The number of H-pyrrole nitrogens is 1. The zero-order chi connectivity index (χ0) is 10.8. The van der Waals surface area contributed by atoms with Gasteiger partial charge in [-0.25, -0.2) is 0 Å². The van der Waals surface area contributed by atoms with Gasteiger partial charge in [0.2, 0.25) is 5.95 Å². The Morgan fingerprint density at radius 3 is 2.56 bits per heavy atom. The van der Waals surface area contributed by atoms with Gasteiger partial charge in [-0.15, -0.1) is 5.10 Å². The van der Waals surface area contributed by atoms with Crippen molar-refractivity contribution in [2.75, 3.05) is 18.0 Å². The normalized spacial score (nSPS) is 15.6. The van der Waals surface area contributed by atoms with Crippen molar-refractivity contribution in [3.63, 3.8) is 0 Å². The maximum Gasteiger partial charge on any atom is 0.245 e. The monoisotopic (exact) mass is 214 g/mol. The van der Waals surface area contributed by atoms with Crippen LogP contribution in [0, 0.1) is 0 Å². The minimum atomic E-state index is 0.830. The molecule has 1 saturated heterocycles. The van der Waals surface area contributed by atoms with Crippen molar-refractivity contribution in [1.29, 1.82) is 0 Å². The summed E-state index contributed by atoms with van der Waals surface area (Å²) in [5.74, 6) is 1.68. The maximum atomic E-state index is 4.52. The summed E-state index contributed by atoms with van der Waals surface area (Å²) in [6, 6.07) is 10.1. The van der Waals surface area contributed by atoms with Crippen LogP contribution in [-0.2, 0) is 0 Å². The van der Waals surface area contributed by atoms with Gasteiger partial charge in [0, 0.05) is 18.7 Å². The van der Waals surface area contributed by atoms with Gasteiger partial charge in [-0.05, 0) is 12.8 Å². The molecule has 1 N–H and O–H groups in total. The second-order valence-corrected chi connectivity index (χ2v) is 4.04. The first-order valence-corrected chi connectivity index (χ1v) is 5.66. The third kappa shape index (κ3) is 1.66. The number of nitrogens with one attached hydrogen (secondary N) is 1. The second kappa shape index (κ2) is 3.96. The number of aromatic nitrogens is 3. The van der Waals surface area contributed by atoms with Gasteiger partial charge in [-0.2, -0.15) is 4.98 Å². The van der Waals surface area contributed by atoms with Crippen LogP contribution in [0.1, 0.15) is 12.8 Å². The van der Waals surface area contributed by atoms with Crippen molar-refractivity contribution in [1.82, 2.24) is 15.2 Å². The van der Waals surface area contributed by atoms with E-state index in [1.54, 1.807) is 0 Å². The summed E-state index contributed by atoms with van der Waals surface area (Å²) in [5.41, 5.74) is 1.08. The number of aromatic amines is 1. The first-order chi connectivity index (χ1) is 7.93. The van der Waals surface area contributed by atoms with E-state index < -0.39 is 0 Å². The van der Waals surface area contributed by atoms with Gasteiger partial charge in [0.1, 0.15) is 0 Å². The Bertz CT molecular complexity index is 457. The lowest BCUT2D eigenvalue weighted by Gasteiger charge is -2.10. The molecule has 0 amide bonds. The SMILES string of the molecule is c1ccc(-c2nc(N3CCCC3)n[nH]2)cc1. The molecular formula is C12H14N4. The summed E-state index contributed by atoms with van der Waals surface area (Å²) in [6.07, 6.45) is 2.49. The maximum absolute atomic E-state index is 4.52. The number of nitrogens with zero attached hydrogens (tertiary/aromatic N) is 3. The lowest BCUT2D eigenvalue weighted by Crippen LogP contribution is -2.18. The van der Waals surface area contributed by atoms with Crippen LogP contribution in [0.2, 0.25) is 0 Å². The molecule has 2 heterocycles. The molecular weight excluding hydrogens is 200 g/mol. The van der Waals surface area contributed by atoms with Gasteiger partial charge in [-0.3, -0.25) is 5.10 Å². The highest BCUT2D eigenvalue weighted by atomic mass is 15.4. The Balaban J connectivity index is 1.87. The van der Waals surface area contributed by atoms with E-state index in [1.165, 1.54) is 12.8 Å². The van der Waals surface area contributed by atoms with E-state index >= 15 is 0 Å². The highest BCUT2D eigenvalue weighted by Gasteiger charge is 2.16. The van der Waals surface area contributed by atoms with Crippen LogP contribution in [0.5, 0.6) is 0 Å². The van der Waals surface area contributed by atoms with E-state index in [4.69, 9.17) is 0 Å². The average Bonchev–Trinajstić information content (AvgIpc) is 3.01. The fraction of sp³-hybridized carbons (Fsp3) is 0.333. The van der Waals surface area contributed by atoms with Crippen LogP contribution in [-0.4, -0.2) is 28.3 Å². The van der Waals surface area contributed by atoms with Crippen molar-refractivity contribution in [2.45, 2.75) is 12.8 Å². The van der Waals surface area contributed by atoms with Gasteiger partial charge >= 0.3 is 0 Å².